The van der Waals surface area contributed by atoms with Gasteiger partial charge in [0, 0.05) is 12.0 Å². The molecule has 3 nitrogen and oxygen atoms in total. The van der Waals surface area contributed by atoms with Gasteiger partial charge in [-0.2, -0.15) is 0 Å². The van der Waals surface area contributed by atoms with E-state index in [1.807, 2.05) is 33.0 Å². The average molecular weight is 251 g/mol. The van der Waals surface area contributed by atoms with Crippen LogP contribution in [-0.2, 0) is 0 Å². The first kappa shape index (κ1) is 15.0. The zero-order chi connectivity index (χ0) is 13.8. The molecule has 3 heteroatoms. The second-order valence-electron chi connectivity index (χ2n) is 5.42. The minimum absolute atomic E-state index is 0.0517. The second kappa shape index (κ2) is 6.21. The van der Waals surface area contributed by atoms with Crippen molar-refractivity contribution in [2.24, 2.45) is 0 Å². The van der Waals surface area contributed by atoms with Gasteiger partial charge in [0.1, 0.15) is 5.75 Å². The van der Waals surface area contributed by atoms with E-state index in [4.69, 9.17) is 4.74 Å². The summed E-state index contributed by atoms with van der Waals surface area (Å²) in [5.41, 5.74) is 2.12. The fraction of sp³-hybridized carbons (Fsp3) is 0.600. The van der Waals surface area contributed by atoms with Crippen LogP contribution in [0.15, 0.2) is 18.2 Å². The molecule has 1 aromatic rings. The summed E-state index contributed by atoms with van der Waals surface area (Å²) in [6.45, 7) is 8.26. The number of rotatable bonds is 6. The van der Waals surface area contributed by atoms with Crippen molar-refractivity contribution >= 4 is 0 Å². The van der Waals surface area contributed by atoms with Crippen molar-refractivity contribution in [2.45, 2.75) is 45.8 Å². The van der Waals surface area contributed by atoms with Crippen LogP contribution in [0.5, 0.6) is 5.75 Å². The molecule has 0 aromatic heterocycles. The number of hydrogen-bond acceptors (Lipinski definition) is 3. The molecule has 1 aromatic carbocycles. The quantitative estimate of drug-likeness (QED) is 0.816. The summed E-state index contributed by atoms with van der Waals surface area (Å²) in [7, 11) is 1.86. The van der Waals surface area contributed by atoms with Crippen LogP contribution in [0.2, 0.25) is 0 Å². The van der Waals surface area contributed by atoms with E-state index in [0.717, 1.165) is 12.2 Å². The second-order valence-corrected chi connectivity index (χ2v) is 5.42. The van der Waals surface area contributed by atoms with Gasteiger partial charge in [-0.1, -0.05) is 6.07 Å². The third-order valence-electron chi connectivity index (χ3n) is 3.22. The van der Waals surface area contributed by atoms with Gasteiger partial charge in [-0.3, -0.25) is 0 Å². The monoisotopic (exact) mass is 251 g/mol. The number of benzene rings is 1. The molecular formula is C15H25NO2. The lowest BCUT2D eigenvalue weighted by molar-refractivity contribution is 0.115. The molecule has 1 rings (SSSR count). The van der Waals surface area contributed by atoms with Gasteiger partial charge < -0.3 is 15.2 Å². The predicted octanol–water partition coefficient (Wildman–Crippen LogP) is 2.43. The Kier molecular flexibility index (Phi) is 5.17. The summed E-state index contributed by atoms with van der Waals surface area (Å²) in [4.78, 5) is 0. The summed E-state index contributed by atoms with van der Waals surface area (Å²) in [5.74, 6) is 0.899. The molecule has 18 heavy (non-hydrogen) atoms. The highest BCUT2D eigenvalue weighted by atomic mass is 16.5. The number of nitrogens with one attached hydrogen (secondary N) is 1. The molecule has 0 fully saturated rings. The molecule has 2 atom stereocenters. The molecule has 2 unspecified atom stereocenters. The molecule has 0 radical (unpaired) electrons. The summed E-state index contributed by atoms with van der Waals surface area (Å²) in [6, 6.07) is 6.21. The van der Waals surface area contributed by atoms with Crippen LogP contribution in [0.1, 0.15) is 31.4 Å². The molecule has 0 saturated carbocycles. The molecule has 0 amide bonds. The molecular weight excluding hydrogens is 226 g/mol. The number of aliphatic hydroxyl groups is 1. The van der Waals surface area contributed by atoms with Crippen molar-refractivity contribution in [3.8, 4) is 5.75 Å². The van der Waals surface area contributed by atoms with Crippen molar-refractivity contribution in [1.82, 2.24) is 5.32 Å². The Morgan fingerprint density at radius 3 is 2.28 bits per heavy atom. The first-order valence-corrected chi connectivity index (χ1v) is 6.43. The van der Waals surface area contributed by atoms with Gasteiger partial charge in [0.2, 0.25) is 0 Å². The molecule has 0 spiro atoms. The minimum Gasteiger partial charge on any atom is -0.491 e. The Labute approximate surface area is 110 Å². The van der Waals surface area contributed by atoms with Gasteiger partial charge in [0.15, 0.2) is 0 Å². The van der Waals surface area contributed by atoms with Crippen molar-refractivity contribution in [3.05, 3.63) is 29.3 Å². The summed E-state index contributed by atoms with van der Waals surface area (Å²) >= 11 is 0. The minimum atomic E-state index is -0.293. The topological polar surface area (TPSA) is 41.5 Å². The Morgan fingerprint density at radius 2 is 1.83 bits per heavy atom. The van der Waals surface area contributed by atoms with Crippen molar-refractivity contribution < 1.29 is 9.84 Å². The zero-order valence-corrected chi connectivity index (χ0v) is 12.1. The molecule has 0 bridgehead atoms. The molecule has 2 N–H and O–H groups in total. The highest BCUT2D eigenvalue weighted by Gasteiger charge is 2.24. The van der Waals surface area contributed by atoms with Gasteiger partial charge >= 0.3 is 0 Å². The zero-order valence-electron chi connectivity index (χ0n) is 12.1. The molecule has 0 heterocycles. The number of aliphatic hydroxyl groups excluding tert-OH is 1. The molecule has 0 aliphatic carbocycles. The number of hydrogen-bond donors (Lipinski definition) is 2. The van der Waals surface area contributed by atoms with Gasteiger partial charge in [-0.15, -0.1) is 0 Å². The Morgan fingerprint density at radius 1 is 1.28 bits per heavy atom. The normalized spacial score (nSPS) is 16.1. The highest BCUT2D eigenvalue weighted by Crippen LogP contribution is 2.20. The maximum Gasteiger partial charge on any atom is 0.120 e. The van der Waals surface area contributed by atoms with Crippen LogP contribution in [-0.4, -0.2) is 30.4 Å². The van der Waals surface area contributed by atoms with E-state index in [2.05, 4.69) is 25.2 Å². The van der Waals surface area contributed by atoms with E-state index in [1.165, 1.54) is 11.1 Å². The Balaban J connectivity index is 2.67. The molecule has 0 saturated heterocycles. The van der Waals surface area contributed by atoms with Gasteiger partial charge in [-0.05, 0) is 58.0 Å². The van der Waals surface area contributed by atoms with Crippen LogP contribution in [0, 0.1) is 13.8 Å². The lowest BCUT2D eigenvalue weighted by Crippen LogP contribution is -2.46. The first-order chi connectivity index (χ1) is 8.38. The van der Waals surface area contributed by atoms with Gasteiger partial charge in [0.25, 0.3) is 0 Å². The summed E-state index contributed by atoms with van der Waals surface area (Å²) in [5, 5.41) is 12.5. The largest absolute Gasteiger partial charge is 0.491 e. The third kappa shape index (κ3) is 4.31. The number of ether oxygens (including phenoxy) is 1. The number of likely N-dealkylation sites (N-methyl/N-ethyl adjacent to an activating group) is 1. The Bertz CT molecular complexity index is 366. The van der Waals surface area contributed by atoms with Crippen LogP contribution < -0.4 is 10.1 Å². The lowest BCUT2D eigenvalue weighted by atomic mass is 9.96. The van der Waals surface area contributed by atoms with E-state index in [0.29, 0.717) is 0 Å². The SMILES string of the molecule is CNC(C)(CO)CC(C)Oc1cc(C)cc(C)c1. The van der Waals surface area contributed by atoms with Crippen LogP contribution >= 0.6 is 0 Å². The van der Waals surface area contributed by atoms with Crippen LogP contribution in [0.25, 0.3) is 0 Å². The maximum absolute atomic E-state index is 9.37. The fourth-order valence-electron chi connectivity index (χ4n) is 2.16. The smallest absolute Gasteiger partial charge is 0.120 e. The van der Waals surface area contributed by atoms with Gasteiger partial charge in [-0.25, -0.2) is 0 Å². The number of aryl methyl sites for hydroxylation is 2. The average Bonchev–Trinajstić information content (AvgIpc) is 2.27. The van der Waals surface area contributed by atoms with E-state index in [9.17, 15) is 5.11 Å². The summed E-state index contributed by atoms with van der Waals surface area (Å²) in [6.07, 6.45) is 0.809. The molecule has 0 aliphatic heterocycles. The van der Waals surface area contributed by atoms with E-state index in [1.54, 1.807) is 0 Å². The summed E-state index contributed by atoms with van der Waals surface area (Å²) < 4.78 is 5.92. The third-order valence-corrected chi connectivity index (χ3v) is 3.22. The van der Waals surface area contributed by atoms with Crippen molar-refractivity contribution in [3.63, 3.8) is 0 Å². The van der Waals surface area contributed by atoms with Gasteiger partial charge in [0.05, 0.1) is 12.7 Å². The van der Waals surface area contributed by atoms with Crippen LogP contribution in [0.3, 0.4) is 0 Å². The van der Waals surface area contributed by atoms with E-state index < -0.39 is 0 Å². The Hall–Kier alpha value is -1.06. The van der Waals surface area contributed by atoms with Crippen LogP contribution in [0.4, 0.5) is 0 Å². The molecule has 102 valence electrons. The lowest BCUT2D eigenvalue weighted by Gasteiger charge is -2.30. The van der Waals surface area contributed by atoms with E-state index >= 15 is 0 Å². The predicted molar refractivity (Wildman–Crippen MR) is 75.2 cm³/mol. The van der Waals surface area contributed by atoms with Crippen molar-refractivity contribution in [2.75, 3.05) is 13.7 Å². The fourth-order valence-corrected chi connectivity index (χ4v) is 2.16. The molecule has 0 aliphatic rings. The maximum atomic E-state index is 9.37. The first-order valence-electron chi connectivity index (χ1n) is 6.43. The standard InChI is InChI=1S/C15H25NO2/c1-11-6-12(2)8-14(7-11)18-13(3)9-15(4,10-17)16-5/h6-8,13,16-17H,9-10H2,1-5H3. The van der Waals surface area contributed by atoms with Crippen molar-refractivity contribution in [1.29, 1.82) is 0 Å². The van der Waals surface area contributed by atoms with E-state index in [-0.39, 0.29) is 18.2 Å². The highest BCUT2D eigenvalue weighted by molar-refractivity contribution is 5.33.